The van der Waals surface area contributed by atoms with Crippen molar-refractivity contribution in [3.05, 3.63) is 0 Å². The monoisotopic (exact) mass is 210 g/mol. The number of Topliss-reactive ketones (excluding diaryl/α,β-unsaturated/α-hetero) is 1. The number of methoxy groups -OCH3 is 1. The lowest BCUT2D eigenvalue weighted by molar-refractivity contribution is -0.141. The van der Waals surface area contributed by atoms with Crippen LogP contribution in [0.1, 0.15) is 39.0 Å². The summed E-state index contributed by atoms with van der Waals surface area (Å²) in [6, 6.07) is 0. The molecule has 3 nitrogen and oxygen atoms in total. The summed E-state index contributed by atoms with van der Waals surface area (Å²) >= 11 is 0. The fourth-order valence-corrected chi connectivity index (χ4v) is 2.90. The largest absolute Gasteiger partial charge is 0.469 e. The number of esters is 1. The fraction of sp³-hybridized carbons (Fsp3) is 0.833. The summed E-state index contributed by atoms with van der Waals surface area (Å²) < 4.78 is 4.65. The van der Waals surface area contributed by atoms with E-state index < -0.39 is 0 Å². The molecule has 0 saturated heterocycles. The highest BCUT2D eigenvalue weighted by atomic mass is 16.5. The Morgan fingerprint density at radius 2 is 2.33 bits per heavy atom. The van der Waals surface area contributed by atoms with Crippen molar-refractivity contribution in [2.24, 2.45) is 17.3 Å². The van der Waals surface area contributed by atoms with E-state index in [1.807, 2.05) is 0 Å². The van der Waals surface area contributed by atoms with Gasteiger partial charge in [-0.25, -0.2) is 0 Å². The van der Waals surface area contributed by atoms with Crippen molar-refractivity contribution < 1.29 is 14.3 Å². The van der Waals surface area contributed by atoms with Gasteiger partial charge in [-0.05, 0) is 30.6 Å². The Kier molecular flexibility index (Phi) is 2.57. The predicted octanol–water partition coefficient (Wildman–Crippen LogP) is 1.94. The molecule has 0 amide bonds. The van der Waals surface area contributed by atoms with Crippen LogP contribution in [0.15, 0.2) is 0 Å². The van der Waals surface area contributed by atoms with E-state index in [0.29, 0.717) is 30.5 Å². The Bertz CT molecular complexity index is 297. The van der Waals surface area contributed by atoms with Crippen LogP contribution in [0.4, 0.5) is 0 Å². The van der Waals surface area contributed by atoms with Crippen LogP contribution in [-0.2, 0) is 14.3 Å². The third-order valence-electron chi connectivity index (χ3n) is 4.17. The highest BCUT2D eigenvalue weighted by molar-refractivity contribution is 5.85. The molecular weight excluding hydrogens is 192 g/mol. The molecule has 15 heavy (non-hydrogen) atoms. The lowest BCUT2D eigenvalue weighted by atomic mass is 9.72. The molecule has 2 aliphatic carbocycles. The molecule has 3 atom stereocenters. The third kappa shape index (κ3) is 1.92. The van der Waals surface area contributed by atoms with Gasteiger partial charge in [0.2, 0.25) is 0 Å². The molecule has 2 saturated carbocycles. The van der Waals surface area contributed by atoms with Crippen molar-refractivity contribution in [2.75, 3.05) is 7.11 Å². The summed E-state index contributed by atoms with van der Waals surface area (Å²) in [6.45, 7) is 2.22. The molecule has 0 spiro atoms. The number of ketones is 1. The molecule has 84 valence electrons. The van der Waals surface area contributed by atoms with E-state index in [2.05, 4.69) is 11.7 Å². The van der Waals surface area contributed by atoms with Crippen LogP contribution in [0, 0.1) is 17.3 Å². The summed E-state index contributed by atoms with van der Waals surface area (Å²) in [5.41, 5.74) is 0.201. The molecule has 0 unspecified atom stereocenters. The van der Waals surface area contributed by atoms with Gasteiger partial charge in [0.15, 0.2) is 0 Å². The van der Waals surface area contributed by atoms with Crippen molar-refractivity contribution in [1.82, 2.24) is 0 Å². The van der Waals surface area contributed by atoms with Gasteiger partial charge in [0, 0.05) is 18.8 Å². The molecule has 2 aliphatic rings. The maximum Gasteiger partial charge on any atom is 0.305 e. The average molecular weight is 210 g/mol. The Morgan fingerprint density at radius 3 is 3.00 bits per heavy atom. The molecular formula is C12H18O3. The first kappa shape index (κ1) is 10.7. The zero-order valence-corrected chi connectivity index (χ0v) is 9.41. The zero-order valence-electron chi connectivity index (χ0n) is 9.41. The lowest BCUT2D eigenvalue weighted by Crippen LogP contribution is -2.28. The number of carbonyl (C=O) groups excluding carboxylic acids is 2. The molecule has 0 aromatic rings. The van der Waals surface area contributed by atoms with Crippen LogP contribution < -0.4 is 0 Å². The molecule has 0 N–H and O–H groups in total. The minimum atomic E-state index is -0.134. The summed E-state index contributed by atoms with van der Waals surface area (Å²) in [6.07, 6.45) is 4.07. The molecule has 2 fully saturated rings. The smallest absolute Gasteiger partial charge is 0.305 e. The Morgan fingerprint density at radius 1 is 1.60 bits per heavy atom. The molecule has 0 radical (unpaired) electrons. The Hall–Kier alpha value is -0.860. The van der Waals surface area contributed by atoms with Crippen molar-refractivity contribution in [2.45, 2.75) is 39.0 Å². The van der Waals surface area contributed by atoms with Crippen LogP contribution >= 0.6 is 0 Å². The van der Waals surface area contributed by atoms with Gasteiger partial charge >= 0.3 is 5.97 Å². The Labute approximate surface area is 90.2 Å². The number of ether oxygens (including phenoxy) is 1. The van der Waals surface area contributed by atoms with Gasteiger partial charge in [-0.15, -0.1) is 0 Å². The number of hydrogen-bond acceptors (Lipinski definition) is 3. The van der Waals surface area contributed by atoms with Gasteiger partial charge in [0.25, 0.3) is 0 Å². The van der Waals surface area contributed by atoms with Crippen LogP contribution in [0.3, 0.4) is 0 Å². The van der Waals surface area contributed by atoms with Gasteiger partial charge in [0.1, 0.15) is 5.78 Å². The van der Waals surface area contributed by atoms with Crippen LogP contribution in [0.25, 0.3) is 0 Å². The molecule has 0 aliphatic heterocycles. The molecule has 3 heteroatoms. The van der Waals surface area contributed by atoms with E-state index >= 15 is 0 Å². The lowest BCUT2D eigenvalue weighted by Gasteiger charge is -2.32. The normalized spacial score (nSPS) is 38.4. The SMILES string of the molecule is COC(=O)CC[C@@]1(C)CCC(=O)[C@@H]2C[C@@H]21. The number of rotatable bonds is 3. The number of hydrogen-bond donors (Lipinski definition) is 0. The highest BCUT2D eigenvalue weighted by Gasteiger charge is 2.55. The third-order valence-corrected chi connectivity index (χ3v) is 4.17. The van der Waals surface area contributed by atoms with E-state index in [4.69, 9.17) is 0 Å². The van der Waals surface area contributed by atoms with Gasteiger partial charge in [-0.1, -0.05) is 6.92 Å². The van der Waals surface area contributed by atoms with Crippen molar-refractivity contribution >= 4 is 11.8 Å². The zero-order chi connectivity index (χ0) is 11.1. The van der Waals surface area contributed by atoms with Gasteiger partial charge in [-0.3, -0.25) is 9.59 Å². The van der Waals surface area contributed by atoms with Gasteiger partial charge < -0.3 is 4.74 Å². The van der Waals surface area contributed by atoms with Gasteiger partial charge in [-0.2, -0.15) is 0 Å². The summed E-state index contributed by atoms with van der Waals surface area (Å²) in [4.78, 5) is 22.5. The highest BCUT2D eigenvalue weighted by Crippen LogP contribution is 2.59. The second-order valence-electron chi connectivity index (χ2n) is 5.15. The minimum absolute atomic E-state index is 0.134. The van der Waals surface area contributed by atoms with E-state index in [1.165, 1.54) is 7.11 Å². The van der Waals surface area contributed by atoms with E-state index in [0.717, 1.165) is 19.3 Å². The minimum Gasteiger partial charge on any atom is -0.469 e. The van der Waals surface area contributed by atoms with Crippen molar-refractivity contribution in [3.63, 3.8) is 0 Å². The molecule has 2 rings (SSSR count). The van der Waals surface area contributed by atoms with Crippen LogP contribution in [0.2, 0.25) is 0 Å². The number of carbonyl (C=O) groups is 2. The maximum absolute atomic E-state index is 11.4. The Balaban J connectivity index is 1.91. The molecule has 0 aromatic carbocycles. The molecule has 0 aromatic heterocycles. The first-order valence-corrected chi connectivity index (χ1v) is 5.66. The van der Waals surface area contributed by atoms with Crippen molar-refractivity contribution in [3.8, 4) is 0 Å². The van der Waals surface area contributed by atoms with E-state index in [1.54, 1.807) is 0 Å². The quantitative estimate of drug-likeness (QED) is 0.669. The van der Waals surface area contributed by atoms with E-state index in [-0.39, 0.29) is 11.4 Å². The second kappa shape index (κ2) is 3.62. The first-order chi connectivity index (χ1) is 7.07. The summed E-state index contributed by atoms with van der Waals surface area (Å²) in [5, 5.41) is 0. The summed E-state index contributed by atoms with van der Waals surface area (Å²) in [7, 11) is 1.43. The predicted molar refractivity (Wildman–Crippen MR) is 55.2 cm³/mol. The van der Waals surface area contributed by atoms with Crippen LogP contribution in [-0.4, -0.2) is 18.9 Å². The average Bonchev–Trinajstić information content (AvgIpc) is 3.02. The van der Waals surface area contributed by atoms with E-state index in [9.17, 15) is 9.59 Å². The topological polar surface area (TPSA) is 43.4 Å². The van der Waals surface area contributed by atoms with Crippen LogP contribution in [0.5, 0.6) is 0 Å². The maximum atomic E-state index is 11.4. The number of fused-ring (bicyclic) bond motifs is 1. The fourth-order valence-electron chi connectivity index (χ4n) is 2.90. The van der Waals surface area contributed by atoms with Crippen molar-refractivity contribution in [1.29, 1.82) is 0 Å². The first-order valence-electron chi connectivity index (χ1n) is 5.66. The molecule has 0 bridgehead atoms. The second-order valence-corrected chi connectivity index (χ2v) is 5.15. The molecule has 0 heterocycles. The summed E-state index contributed by atoms with van der Waals surface area (Å²) in [5.74, 6) is 1.17. The van der Waals surface area contributed by atoms with Gasteiger partial charge in [0.05, 0.1) is 7.11 Å². The standard InChI is InChI=1S/C12H18O3/c1-12(6-4-11(14)15-2)5-3-10(13)8-7-9(8)12/h8-9H,3-7H2,1-2H3/t8-,9+,12-/m1/s1.